The van der Waals surface area contributed by atoms with Gasteiger partial charge in [-0.3, -0.25) is 9.48 Å². The van der Waals surface area contributed by atoms with E-state index >= 15 is 0 Å². The first-order chi connectivity index (χ1) is 13.5. The van der Waals surface area contributed by atoms with Crippen molar-refractivity contribution in [3.63, 3.8) is 0 Å². The Hall–Kier alpha value is -2.94. The summed E-state index contributed by atoms with van der Waals surface area (Å²) in [5, 5.41) is 26.3. The third kappa shape index (κ3) is 3.84. The van der Waals surface area contributed by atoms with Crippen LogP contribution in [-0.4, -0.2) is 55.6 Å². The van der Waals surface area contributed by atoms with Gasteiger partial charge in [0.2, 0.25) is 5.88 Å². The largest absolute Gasteiger partial charge is 0.478 e. The molecule has 1 aliphatic heterocycles. The number of aliphatic hydroxyl groups excluding tert-OH is 1. The van der Waals surface area contributed by atoms with Crippen LogP contribution in [0.3, 0.4) is 0 Å². The summed E-state index contributed by atoms with van der Waals surface area (Å²) in [4.78, 5) is 27.8. The second-order valence-corrected chi connectivity index (χ2v) is 7.38. The van der Waals surface area contributed by atoms with Crippen molar-refractivity contribution in [2.75, 3.05) is 6.61 Å². The van der Waals surface area contributed by atoms with E-state index in [1.54, 1.807) is 10.7 Å². The topological polar surface area (TPSA) is 127 Å². The van der Waals surface area contributed by atoms with Crippen LogP contribution in [0.5, 0.6) is 5.88 Å². The van der Waals surface area contributed by atoms with Crippen molar-refractivity contribution in [1.82, 2.24) is 20.1 Å². The highest BCUT2D eigenvalue weighted by atomic mass is 16.5. The number of nitrogens with zero attached hydrogens (tertiary/aromatic N) is 3. The van der Waals surface area contributed by atoms with Gasteiger partial charge in [0, 0.05) is 24.5 Å². The van der Waals surface area contributed by atoms with E-state index < -0.39 is 12.1 Å². The minimum absolute atomic E-state index is 0.0944. The average molecular weight is 386 g/mol. The van der Waals surface area contributed by atoms with Crippen molar-refractivity contribution in [1.29, 1.82) is 0 Å². The molecule has 1 fully saturated rings. The van der Waals surface area contributed by atoms with Crippen molar-refractivity contribution >= 4 is 11.9 Å². The monoisotopic (exact) mass is 386 g/mol. The number of carbonyl (C=O) groups is 2. The molecule has 28 heavy (non-hydrogen) atoms. The van der Waals surface area contributed by atoms with Crippen LogP contribution >= 0.6 is 0 Å². The highest BCUT2D eigenvalue weighted by Crippen LogP contribution is 2.28. The van der Waals surface area contributed by atoms with Gasteiger partial charge in [0.1, 0.15) is 0 Å². The number of aromatic nitrogens is 3. The third-order valence-corrected chi connectivity index (χ3v) is 5.29. The first-order valence-electron chi connectivity index (χ1n) is 9.36. The maximum absolute atomic E-state index is 12.6. The van der Waals surface area contributed by atoms with Crippen LogP contribution in [0, 0.1) is 5.92 Å². The van der Waals surface area contributed by atoms with Gasteiger partial charge >= 0.3 is 5.97 Å². The molecule has 2 aromatic heterocycles. The Kier molecular flexibility index (Phi) is 4.99. The number of amides is 1. The van der Waals surface area contributed by atoms with E-state index in [0.29, 0.717) is 37.4 Å². The Morgan fingerprint density at radius 3 is 2.93 bits per heavy atom. The van der Waals surface area contributed by atoms with Crippen LogP contribution in [0.25, 0.3) is 0 Å². The van der Waals surface area contributed by atoms with Gasteiger partial charge in [-0.25, -0.2) is 9.78 Å². The fourth-order valence-corrected chi connectivity index (χ4v) is 3.88. The molecule has 2 aromatic rings. The van der Waals surface area contributed by atoms with Gasteiger partial charge in [-0.1, -0.05) is 0 Å². The first kappa shape index (κ1) is 18.4. The Bertz CT molecular complexity index is 896. The number of aromatic carboxylic acids is 1. The molecule has 9 nitrogen and oxygen atoms in total. The van der Waals surface area contributed by atoms with E-state index in [4.69, 9.17) is 9.84 Å². The molecule has 1 aliphatic carbocycles. The summed E-state index contributed by atoms with van der Waals surface area (Å²) in [5.41, 5.74) is 1.52. The lowest BCUT2D eigenvalue weighted by molar-refractivity contribution is 0.0696. The number of aryl methyl sites for hydroxylation is 1. The van der Waals surface area contributed by atoms with Crippen molar-refractivity contribution in [3.05, 3.63) is 41.3 Å². The third-order valence-electron chi connectivity index (χ3n) is 5.29. The molecule has 4 rings (SSSR count). The minimum atomic E-state index is -1.02. The number of carbonyl (C=O) groups excluding carboxylic acids is 1. The van der Waals surface area contributed by atoms with E-state index in [9.17, 15) is 14.7 Å². The van der Waals surface area contributed by atoms with Crippen LogP contribution in [-0.2, 0) is 13.0 Å². The molecular formula is C19H22N4O5. The number of pyridine rings is 1. The smallest absolute Gasteiger partial charge is 0.338 e. The Labute approximate surface area is 161 Å². The van der Waals surface area contributed by atoms with Crippen molar-refractivity contribution < 1.29 is 24.5 Å². The molecular weight excluding hydrogens is 364 g/mol. The lowest BCUT2D eigenvalue weighted by Crippen LogP contribution is -2.40. The predicted molar refractivity (Wildman–Crippen MR) is 97.2 cm³/mol. The number of nitrogens with one attached hydrogen (secondary N) is 1. The summed E-state index contributed by atoms with van der Waals surface area (Å²) >= 11 is 0. The summed E-state index contributed by atoms with van der Waals surface area (Å²) in [6, 6.07) is 1.44. The molecule has 1 saturated carbocycles. The fraction of sp³-hybridized carbons (Fsp3) is 0.474. The van der Waals surface area contributed by atoms with Gasteiger partial charge < -0.3 is 20.3 Å². The highest BCUT2D eigenvalue weighted by Gasteiger charge is 2.34. The van der Waals surface area contributed by atoms with E-state index in [1.807, 2.05) is 0 Å². The molecule has 1 amide bonds. The van der Waals surface area contributed by atoms with Gasteiger partial charge in [0.15, 0.2) is 0 Å². The molecule has 9 heteroatoms. The summed E-state index contributed by atoms with van der Waals surface area (Å²) in [6.45, 7) is 1.14. The van der Waals surface area contributed by atoms with Gasteiger partial charge in [-0.2, -0.15) is 5.10 Å². The van der Waals surface area contributed by atoms with Crippen LogP contribution in [0.1, 0.15) is 45.5 Å². The predicted octanol–water partition coefficient (Wildman–Crippen LogP) is 0.871. The van der Waals surface area contributed by atoms with E-state index in [-0.39, 0.29) is 23.4 Å². The quantitative estimate of drug-likeness (QED) is 0.696. The van der Waals surface area contributed by atoms with Crippen molar-refractivity contribution in [3.8, 4) is 5.88 Å². The number of carboxylic acid groups (broad SMARTS) is 1. The van der Waals surface area contributed by atoms with E-state index in [0.717, 1.165) is 18.4 Å². The molecule has 0 radical (unpaired) electrons. The molecule has 0 spiro atoms. The molecule has 0 saturated heterocycles. The molecule has 1 unspecified atom stereocenters. The standard InChI is InChI=1S/C19H22N4O5/c24-16-5-11(9-23-10-14(8-21-23)19(26)27)4-15(16)22-17(25)13-6-12-2-1-3-28-18(12)20-7-13/h6-8,10-11,15-16,24H,1-5,9H2,(H,22,25)(H,26,27)/t11?,15-,16-/m1/s1. The molecule has 3 atom stereocenters. The second kappa shape index (κ2) is 7.59. The molecule has 0 aromatic carbocycles. The SMILES string of the molecule is O=C(O)c1cnn(CC2C[C@@H](O)[C@H](NC(=O)c3cnc4c(c3)CCCO4)C2)c1. The zero-order chi connectivity index (χ0) is 19.7. The van der Waals surface area contributed by atoms with Gasteiger partial charge in [-0.05, 0) is 37.7 Å². The van der Waals surface area contributed by atoms with Crippen LogP contribution in [0.2, 0.25) is 0 Å². The number of hydrogen-bond donors (Lipinski definition) is 3. The first-order valence-corrected chi connectivity index (χ1v) is 9.36. The average Bonchev–Trinajstić information content (AvgIpc) is 3.28. The number of fused-ring (bicyclic) bond motifs is 1. The van der Waals surface area contributed by atoms with E-state index in [1.165, 1.54) is 18.6 Å². The number of rotatable bonds is 5. The van der Waals surface area contributed by atoms with Crippen LogP contribution in [0.15, 0.2) is 24.7 Å². The van der Waals surface area contributed by atoms with Crippen LogP contribution < -0.4 is 10.1 Å². The second-order valence-electron chi connectivity index (χ2n) is 7.38. The maximum Gasteiger partial charge on any atom is 0.338 e. The molecule has 2 aliphatic rings. The summed E-state index contributed by atoms with van der Waals surface area (Å²) in [5.74, 6) is -0.606. The summed E-state index contributed by atoms with van der Waals surface area (Å²) < 4.78 is 7.04. The number of ether oxygens (including phenoxy) is 1. The fourth-order valence-electron chi connectivity index (χ4n) is 3.88. The zero-order valence-electron chi connectivity index (χ0n) is 15.2. The lowest BCUT2D eigenvalue weighted by atomic mass is 10.1. The lowest BCUT2D eigenvalue weighted by Gasteiger charge is -2.19. The molecule has 148 valence electrons. The minimum Gasteiger partial charge on any atom is -0.478 e. The Balaban J connectivity index is 1.37. The Morgan fingerprint density at radius 1 is 1.29 bits per heavy atom. The van der Waals surface area contributed by atoms with Crippen LogP contribution in [0.4, 0.5) is 0 Å². The van der Waals surface area contributed by atoms with E-state index in [2.05, 4.69) is 15.4 Å². The number of aliphatic hydroxyl groups is 1. The molecule has 3 N–H and O–H groups in total. The number of hydrogen-bond acceptors (Lipinski definition) is 6. The Morgan fingerprint density at radius 2 is 2.14 bits per heavy atom. The number of carboxylic acids is 1. The van der Waals surface area contributed by atoms with Gasteiger partial charge in [0.25, 0.3) is 5.91 Å². The van der Waals surface area contributed by atoms with Crippen molar-refractivity contribution in [2.45, 2.75) is 44.4 Å². The summed E-state index contributed by atoms with van der Waals surface area (Å²) in [7, 11) is 0. The molecule has 0 bridgehead atoms. The normalized spacial score (nSPS) is 23.7. The molecule has 3 heterocycles. The van der Waals surface area contributed by atoms with Crippen molar-refractivity contribution in [2.24, 2.45) is 5.92 Å². The van der Waals surface area contributed by atoms with Gasteiger partial charge in [0.05, 0.1) is 36.1 Å². The zero-order valence-corrected chi connectivity index (χ0v) is 15.2. The van der Waals surface area contributed by atoms with Gasteiger partial charge in [-0.15, -0.1) is 0 Å². The highest BCUT2D eigenvalue weighted by molar-refractivity contribution is 5.94. The maximum atomic E-state index is 12.6. The summed E-state index contributed by atoms with van der Waals surface area (Å²) in [6.07, 6.45) is 6.47.